The Balaban J connectivity index is 1.75. The molecule has 4 rings (SSSR count). The fourth-order valence-electron chi connectivity index (χ4n) is 4.74. The van der Waals surface area contributed by atoms with Crippen molar-refractivity contribution >= 4 is 34.8 Å². The molecule has 0 aliphatic heterocycles. The number of Topliss-reactive ketones (excluding diaryl/α,β-unsaturated/α-hetero) is 2. The van der Waals surface area contributed by atoms with Gasteiger partial charge in [0, 0.05) is 17.9 Å². The van der Waals surface area contributed by atoms with Crippen LogP contribution in [0.15, 0.2) is 42.5 Å². The van der Waals surface area contributed by atoms with Gasteiger partial charge < -0.3 is 0 Å². The maximum absolute atomic E-state index is 13.2. The molecule has 2 aliphatic rings. The third kappa shape index (κ3) is 3.13. The van der Waals surface area contributed by atoms with Gasteiger partial charge in [0.15, 0.2) is 16.4 Å². The average Bonchev–Trinajstić information content (AvgIpc) is 3.08. The van der Waals surface area contributed by atoms with Crippen LogP contribution >= 0.6 is 23.2 Å². The lowest BCUT2D eigenvalue weighted by atomic mass is 9.65. The molecule has 27 heavy (non-hydrogen) atoms. The molecule has 2 saturated carbocycles. The molecule has 0 unspecified atom stereocenters. The van der Waals surface area contributed by atoms with Crippen LogP contribution in [0.2, 0.25) is 5.02 Å². The Morgan fingerprint density at radius 3 is 2.00 bits per heavy atom. The summed E-state index contributed by atoms with van der Waals surface area (Å²) in [4.78, 5) is 24.8. The zero-order valence-corrected chi connectivity index (χ0v) is 16.9. The lowest BCUT2D eigenvalue weighted by Gasteiger charge is -2.40. The van der Waals surface area contributed by atoms with E-state index in [4.69, 9.17) is 23.2 Å². The molecular weight excluding hydrogens is 379 g/mol. The maximum Gasteiger partial charge on any atom is 0.186 e. The average molecular weight is 401 g/mol. The second-order valence-corrected chi connectivity index (χ2v) is 9.11. The lowest BCUT2D eigenvalue weighted by Crippen LogP contribution is -2.48. The molecule has 0 aromatic heterocycles. The molecule has 0 heterocycles. The van der Waals surface area contributed by atoms with Crippen molar-refractivity contribution in [3.05, 3.63) is 58.6 Å². The number of hydrogen-bond donors (Lipinski definition) is 0. The molecular formula is C23H22Cl2O2. The van der Waals surface area contributed by atoms with Gasteiger partial charge in [-0.25, -0.2) is 0 Å². The highest BCUT2D eigenvalue weighted by Gasteiger charge is 2.55. The van der Waals surface area contributed by atoms with Crippen molar-refractivity contribution in [2.45, 2.75) is 50.3 Å². The van der Waals surface area contributed by atoms with Gasteiger partial charge in [-0.1, -0.05) is 60.3 Å². The molecule has 2 aromatic carbocycles. The predicted octanol–water partition coefficient (Wildman–Crippen LogP) is 6.24. The summed E-state index contributed by atoms with van der Waals surface area (Å²) in [6.45, 7) is 1.91. The van der Waals surface area contributed by atoms with Crippen LogP contribution in [-0.4, -0.2) is 11.6 Å². The Morgan fingerprint density at radius 2 is 1.41 bits per heavy atom. The van der Waals surface area contributed by atoms with Gasteiger partial charge >= 0.3 is 0 Å². The Kier molecular flexibility index (Phi) is 4.68. The number of ketones is 2. The Labute approximate surface area is 169 Å². The number of alkyl halides is 1. The summed E-state index contributed by atoms with van der Waals surface area (Å²) in [6, 6.07) is 13.3. The molecule has 2 fully saturated rings. The van der Waals surface area contributed by atoms with E-state index >= 15 is 0 Å². The summed E-state index contributed by atoms with van der Waals surface area (Å²) in [5.41, 5.74) is 3.25. The number of rotatable bonds is 2. The van der Waals surface area contributed by atoms with Crippen LogP contribution in [0.5, 0.6) is 0 Å². The third-order valence-electron chi connectivity index (χ3n) is 6.29. The van der Waals surface area contributed by atoms with Gasteiger partial charge in [0.05, 0.1) is 0 Å². The Bertz CT molecular complexity index is 888. The molecule has 0 bridgehead atoms. The zero-order valence-electron chi connectivity index (χ0n) is 15.4. The van der Waals surface area contributed by atoms with Gasteiger partial charge in [-0.15, -0.1) is 0 Å². The largest absolute Gasteiger partial charge is 0.297 e. The molecule has 4 heteroatoms. The van der Waals surface area contributed by atoms with Crippen molar-refractivity contribution in [3.8, 4) is 11.1 Å². The van der Waals surface area contributed by atoms with Crippen LogP contribution in [0.1, 0.15) is 49.7 Å². The van der Waals surface area contributed by atoms with Crippen molar-refractivity contribution < 1.29 is 9.59 Å². The highest BCUT2D eigenvalue weighted by Crippen LogP contribution is 2.53. The highest BCUT2D eigenvalue weighted by molar-refractivity contribution is 6.47. The van der Waals surface area contributed by atoms with Crippen LogP contribution in [0.3, 0.4) is 0 Å². The van der Waals surface area contributed by atoms with Crippen molar-refractivity contribution in [1.82, 2.24) is 0 Å². The van der Waals surface area contributed by atoms with E-state index in [1.807, 2.05) is 49.4 Å². The number of carbonyl (C=O) groups excluding carboxylic acids is 2. The fraction of sp³-hybridized carbons (Fsp3) is 0.391. The van der Waals surface area contributed by atoms with E-state index in [9.17, 15) is 9.59 Å². The monoisotopic (exact) mass is 400 g/mol. The van der Waals surface area contributed by atoms with Crippen molar-refractivity contribution in [2.75, 3.05) is 0 Å². The van der Waals surface area contributed by atoms with Gasteiger partial charge in [-0.05, 0) is 65.6 Å². The van der Waals surface area contributed by atoms with E-state index in [2.05, 4.69) is 0 Å². The summed E-state index contributed by atoms with van der Waals surface area (Å²) < 4.78 is 0. The zero-order chi connectivity index (χ0) is 19.2. The second kappa shape index (κ2) is 6.76. The van der Waals surface area contributed by atoms with Gasteiger partial charge in [0.1, 0.15) is 0 Å². The van der Waals surface area contributed by atoms with Gasteiger partial charge in [-0.2, -0.15) is 0 Å². The van der Waals surface area contributed by atoms with Crippen LogP contribution < -0.4 is 0 Å². The third-order valence-corrected chi connectivity index (χ3v) is 7.17. The smallest absolute Gasteiger partial charge is 0.186 e. The number of benzene rings is 2. The quantitative estimate of drug-likeness (QED) is 0.441. The molecule has 2 aromatic rings. The number of hydrogen-bond acceptors (Lipinski definition) is 2. The summed E-state index contributed by atoms with van der Waals surface area (Å²) in [5.74, 6) is -0.280. The minimum Gasteiger partial charge on any atom is -0.297 e. The lowest BCUT2D eigenvalue weighted by molar-refractivity contribution is -0.138. The van der Waals surface area contributed by atoms with Crippen molar-refractivity contribution in [1.29, 1.82) is 0 Å². The summed E-state index contributed by atoms with van der Waals surface area (Å²) >= 11 is 12.8. The summed E-state index contributed by atoms with van der Waals surface area (Å²) in [5, 5.41) is 0.666. The van der Waals surface area contributed by atoms with E-state index in [-0.39, 0.29) is 17.0 Å². The highest BCUT2D eigenvalue weighted by atomic mass is 35.5. The first-order chi connectivity index (χ1) is 12.8. The molecule has 2 aliphatic carbocycles. The molecule has 0 radical (unpaired) electrons. The number of aryl methyl sites for hydroxylation is 1. The minimum absolute atomic E-state index is 0.140. The first-order valence-electron chi connectivity index (χ1n) is 9.47. The second-order valence-electron chi connectivity index (χ2n) is 8.10. The standard InChI is InChI=1S/C23H22Cl2O2/c1-15-4-5-17(16-6-8-18(24)9-7-16)12-19(15)23(25)20(26)13-22(14-21(23)27)10-2-3-11-22/h4-9,12H,2-3,10-11,13-14H2,1H3. The number of halogens is 2. The topological polar surface area (TPSA) is 34.1 Å². The molecule has 0 saturated heterocycles. The molecule has 0 amide bonds. The summed E-state index contributed by atoms with van der Waals surface area (Å²) in [7, 11) is 0. The fourth-order valence-corrected chi connectivity index (χ4v) is 5.20. The Hall–Kier alpha value is -1.64. The van der Waals surface area contributed by atoms with Gasteiger partial charge in [0.25, 0.3) is 0 Å². The maximum atomic E-state index is 13.2. The first kappa shape index (κ1) is 18.7. The van der Waals surface area contributed by atoms with Gasteiger partial charge in [-0.3, -0.25) is 9.59 Å². The predicted molar refractivity (Wildman–Crippen MR) is 109 cm³/mol. The minimum atomic E-state index is -1.56. The van der Waals surface area contributed by atoms with Crippen molar-refractivity contribution in [3.63, 3.8) is 0 Å². The SMILES string of the molecule is Cc1ccc(-c2ccc(Cl)cc2)cc1C1(Cl)C(=O)CC2(CCCC2)CC1=O. The molecule has 2 nitrogen and oxygen atoms in total. The van der Waals surface area contributed by atoms with Crippen LogP contribution in [-0.2, 0) is 14.5 Å². The van der Waals surface area contributed by atoms with E-state index in [1.54, 1.807) is 0 Å². The van der Waals surface area contributed by atoms with E-state index in [0.29, 0.717) is 23.4 Å². The van der Waals surface area contributed by atoms with Crippen LogP contribution in [0, 0.1) is 12.3 Å². The van der Waals surface area contributed by atoms with Crippen molar-refractivity contribution in [2.24, 2.45) is 5.41 Å². The van der Waals surface area contributed by atoms with Gasteiger partial charge in [0.2, 0.25) is 0 Å². The van der Waals surface area contributed by atoms with E-state index in [1.165, 1.54) is 0 Å². The Morgan fingerprint density at radius 1 is 0.852 bits per heavy atom. The van der Waals surface area contributed by atoms with E-state index < -0.39 is 4.87 Å². The van der Waals surface area contributed by atoms with Crippen LogP contribution in [0.4, 0.5) is 0 Å². The first-order valence-corrected chi connectivity index (χ1v) is 10.2. The van der Waals surface area contributed by atoms with E-state index in [0.717, 1.165) is 42.4 Å². The molecule has 0 atom stereocenters. The molecule has 1 spiro atoms. The normalized spacial score (nSPS) is 21.0. The van der Waals surface area contributed by atoms with Crippen LogP contribution in [0.25, 0.3) is 11.1 Å². The molecule has 140 valence electrons. The number of carbonyl (C=O) groups is 2. The molecule has 0 N–H and O–H groups in total. The summed E-state index contributed by atoms with van der Waals surface area (Å²) in [6.07, 6.45) is 4.93.